The van der Waals surface area contributed by atoms with Gasteiger partial charge >= 0.3 is 0 Å². The van der Waals surface area contributed by atoms with Crippen molar-refractivity contribution >= 4 is 68.8 Å². The van der Waals surface area contributed by atoms with E-state index < -0.39 is 0 Å². The monoisotopic (exact) mass is 782 g/mol. The topological polar surface area (TPSA) is 98.6 Å². The molecule has 11 nitrogen and oxygen atoms in total. The van der Waals surface area contributed by atoms with Gasteiger partial charge in [-0.05, 0) is 65.0 Å². The minimum absolute atomic E-state index is 0.389. The SMILES string of the molecule is COc1cc(N2CCN(C3CCN(C4CNC4)CC3)CC2)c(-c2cnn(C)c2)cc1Nc1ncc(Br)c(Nc2ccc3ccccc3c2P(C)C)n1. The van der Waals surface area contributed by atoms with Gasteiger partial charge < -0.3 is 25.6 Å². The maximum Gasteiger partial charge on any atom is 0.229 e. The molecule has 5 aromatic rings. The molecule has 0 amide bonds. The molecule has 52 heavy (non-hydrogen) atoms. The van der Waals surface area contributed by atoms with Gasteiger partial charge in [0.1, 0.15) is 11.6 Å². The van der Waals surface area contributed by atoms with E-state index in [1.54, 1.807) is 13.3 Å². The number of methoxy groups -OCH3 is 1. The van der Waals surface area contributed by atoms with Crippen molar-refractivity contribution in [3.05, 3.63) is 71.6 Å². The average Bonchev–Trinajstić information content (AvgIpc) is 3.58. The lowest BCUT2D eigenvalue weighted by molar-refractivity contribution is 0.0631. The van der Waals surface area contributed by atoms with Gasteiger partial charge in [0.2, 0.25) is 5.95 Å². The molecule has 5 heterocycles. The molecule has 3 saturated heterocycles. The molecule has 3 N–H and O–H groups in total. The second-order valence-corrected chi connectivity index (χ2v) is 17.4. The third-order valence-corrected chi connectivity index (χ3v) is 12.8. The number of nitrogens with one attached hydrogen (secondary N) is 3. The van der Waals surface area contributed by atoms with Gasteiger partial charge in [-0.1, -0.05) is 38.3 Å². The van der Waals surface area contributed by atoms with E-state index in [4.69, 9.17) is 9.72 Å². The molecule has 0 radical (unpaired) electrons. The fourth-order valence-electron chi connectivity index (χ4n) is 7.97. The summed E-state index contributed by atoms with van der Waals surface area (Å²) < 4.78 is 8.67. The number of piperidine rings is 1. The van der Waals surface area contributed by atoms with Crippen LogP contribution < -0.4 is 30.9 Å². The summed E-state index contributed by atoms with van der Waals surface area (Å²) >= 11 is 3.70. The largest absolute Gasteiger partial charge is 0.494 e. The van der Waals surface area contributed by atoms with Gasteiger partial charge in [-0.15, -0.1) is 0 Å². The number of aryl methyl sites for hydroxylation is 1. The normalized spacial score (nSPS) is 17.8. The van der Waals surface area contributed by atoms with Crippen LogP contribution in [-0.4, -0.2) is 114 Å². The number of nitrogens with zero attached hydrogens (tertiary/aromatic N) is 7. The Morgan fingerprint density at radius 1 is 0.885 bits per heavy atom. The van der Waals surface area contributed by atoms with Crippen LogP contribution in [-0.2, 0) is 7.05 Å². The van der Waals surface area contributed by atoms with Crippen molar-refractivity contribution < 1.29 is 4.74 Å². The minimum atomic E-state index is -0.389. The molecule has 8 rings (SSSR count). The number of aromatic nitrogens is 4. The number of piperazine rings is 1. The van der Waals surface area contributed by atoms with Crippen LogP contribution in [0.1, 0.15) is 12.8 Å². The van der Waals surface area contributed by atoms with Crippen LogP contribution in [0.15, 0.2) is 71.6 Å². The van der Waals surface area contributed by atoms with Gasteiger partial charge in [-0.3, -0.25) is 14.5 Å². The first-order valence-corrected chi connectivity index (χ1v) is 21.3. The van der Waals surface area contributed by atoms with E-state index in [1.807, 2.05) is 17.9 Å². The van der Waals surface area contributed by atoms with Crippen LogP contribution in [0, 0.1) is 0 Å². The van der Waals surface area contributed by atoms with E-state index in [-0.39, 0.29) is 7.92 Å². The zero-order chi connectivity index (χ0) is 35.8. The van der Waals surface area contributed by atoms with Gasteiger partial charge in [0, 0.05) is 118 Å². The summed E-state index contributed by atoms with van der Waals surface area (Å²) in [6.45, 7) is 13.4. The molecular formula is C39H48BrN10OP. The van der Waals surface area contributed by atoms with Crippen LogP contribution >= 0.6 is 23.9 Å². The number of halogens is 1. The quantitative estimate of drug-likeness (QED) is 0.142. The molecule has 3 aliphatic heterocycles. The smallest absolute Gasteiger partial charge is 0.229 e. The molecule has 2 aromatic heterocycles. The third kappa shape index (κ3) is 7.24. The fraction of sp³-hybridized carbons (Fsp3) is 0.410. The first-order chi connectivity index (χ1) is 25.3. The third-order valence-electron chi connectivity index (χ3n) is 10.9. The molecule has 0 spiro atoms. The highest BCUT2D eigenvalue weighted by atomic mass is 79.9. The molecule has 0 bridgehead atoms. The molecule has 3 fully saturated rings. The molecule has 3 aromatic carbocycles. The Balaban J connectivity index is 1.04. The molecular weight excluding hydrogens is 735 g/mol. The van der Waals surface area contributed by atoms with Crippen molar-refractivity contribution in [1.82, 2.24) is 34.9 Å². The summed E-state index contributed by atoms with van der Waals surface area (Å²) in [5.41, 5.74) is 5.16. The highest BCUT2D eigenvalue weighted by Gasteiger charge is 2.32. The Kier molecular flexibility index (Phi) is 10.4. The zero-order valence-electron chi connectivity index (χ0n) is 30.4. The van der Waals surface area contributed by atoms with Gasteiger partial charge in [0.05, 0.1) is 23.5 Å². The van der Waals surface area contributed by atoms with E-state index in [0.29, 0.717) is 17.8 Å². The lowest BCUT2D eigenvalue weighted by Gasteiger charge is -2.46. The van der Waals surface area contributed by atoms with E-state index >= 15 is 0 Å². The predicted molar refractivity (Wildman–Crippen MR) is 219 cm³/mol. The van der Waals surface area contributed by atoms with Gasteiger partial charge in [0.15, 0.2) is 0 Å². The highest BCUT2D eigenvalue weighted by molar-refractivity contribution is 9.10. The summed E-state index contributed by atoms with van der Waals surface area (Å²) in [6.07, 6.45) is 8.33. The van der Waals surface area contributed by atoms with Crippen LogP contribution in [0.3, 0.4) is 0 Å². The summed E-state index contributed by atoms with van der Waals surface area (Å²) in [7, 11) is 3.30. The van der Waals surface area contributed by atoms with Crippen LogP contribution in [0.25, 0.3) is 21.9 Å². The molecule has 0 aliphatic carbocycles. The van der Waals surface area contributed by atoms with E-state index in [9.17, 15) is 0 Å². The Morgan fingerprint density at radius 2 is 1.65 bits per heavy atom. The second-order valence-electron chi connectivity index (χ2n) is 14.3. The molecule has 0 saturated carbocycles. The van der Waals surface area contributed by atoms with Crippen LogP contribution in [0.4, 0.5) is 28.8 Å². The standard InChI is InChI=1S/C39H48BrN10OP/c1-47-25-27(21-43-47)31-19-34(36(51-2)20-35(31)50-17-15-49(16-18-50)28-11-13-48(14-12-28)29-22-41-23-29)45-39-42-24-32(40)38(46-39)44-33-10-9-26-7-5-6-8-30(26)37(33)52(3)4/h5-10,19-21,24-25,28-29,41H,11-18,22-23H2,1-4H3,(H2,42,44,45,46). The zero-order valence-corrected chi connectivity index (χ0v) is 32.9. The van der Waals surface area contributed by atoms with E-state index in [0.717, 1.165) is 83.7 Å². The van der Waals surface area contributed by atoms with Crippen molar-refractivity contribution in [3.8, 4) is 16.9 Å². The lowest BCUT2D eigenvalue weighted by atomic mass is 9.98. The maximum absolute atomic E-state index is 6.03. The Labute approximate surface area is 316 Å². The Hall–Kier alpha value is -3.80. The van der Waals surface area contributed by atoms with Gasteiger partial charge in [-0.2, -0.15) is 10.1 Å². The first-order valence-electron chi connectivity index (χ1n) is 18.2. The Morgan fingerprint density at radius 3 is 2.35 bits per heavy atom. The number of rotatable bonds is 10. The molecule has 13 heteroatoms. The van der Waals surface area contributed by atoms with Gasteiger partial charge in [0.25, 0.3) is 0 Å². The number of ether oxygens (including phenoxy) is 1. The lowest BCUT2D eigenvalue weighted by Crippen LogP contribution is -2.60. The first kappa shape index (κ1) is 35.2. The number of hydrogen-bond donors (Lipinski definition) is 3. The Bertz CT molecular complexity index is 2040. The van der Waals surface area contributed by atoms with Crippen molar-refractivity contribution in [2.75, 3.05) is 88.3 Å². The second kappa shape index (κ2) is 15.3. The van der Waals surface area contributed by atoms with Crippen molar-refractivity contribution in [3.63, 3.8) is 0 Å². The molecule has 3 aliphatic rings. The average molecular weight is 784 g/mol. The number of anilines is 5. The number of hydrogen-bond acceptors (Lipinski definition) is 10. The summed E-state index contributed by atoms with van der Waals surface area (Å²) in [6, 6.07) is 18.6. The van der Waals surface area contributed by atoms with Crippen molar-refractivity contribution in [1.29, 1.82) is 0 Å². The van der Waals surface area contributed by atoms with Gasteiger partial charge in [-0.25, -0.2) is 4.98 Å². The van der Waals surface area contributed by atoms with E-state index in [1.165, 1.54) is 42.0 Å². The minimum Gasteiger partial charge on any atom is -0.494 e. The predicted octanol–water partition coefficient (Wildman–Crippen LogP) is 6.21. The summed E-state index contributed by atoms with van der Waals surface area (Å²) in [5, 5.41) is 18.9. The van der Waals surface area contributed by atoms with Crippen LogP contribution in [0.2, 0.25) is 0 Å². The summed E-state index contributed by atoms with van der Waals surface area (Å²) in [4.78, 5) is 17.5. The number of fused-ring (bicyclic) bond motifs is 1. The van der Waals surface area contributed by atoms with Crippen molar-refractivity contribution in [2.24, 2.45) is 7.05 Å². The van der Waals surface area contributed by atoms with Crippen molar-refractivity contribution in [2.45, 2.75) is 24.9 Å². The highest BCUT2D eigenvalue weighted by Crippen LogP contribution is 2.41. The molecule has 0 unspecified atom stereocenters. The van der Waals surface area contributed by atoms with E-state index in [2.05, 4.69) is 125 Å². The summed E-state index contributed by atoms with van der Waals surface area (Å²) in [5.74, 6) is 1.90. The maximum atomic E-state index is 6.03. The number of likely N-dealkylation sites (tertiary alicyclic amines) is 1. The fourth-order valence-corrected chi connectivity index (χ4v) is 9.55. The molecule has 0 atom stereocenters. The molecule has 272 valence electrons. The number of benzene rings is 3. The van der Waals surface area contributed by atoms with Crippen LogP contribution in [0.5, 0.6) is 5.75 Å².